The van der Waals surface area contributed by atoms with Gasteiger partial charge < -0.3 is 9.64 Å². The van der Waals surface area contributed by atoms with E-state index in [1.54, 1.807) is 19.2 Å². The number of halogens is 1. The molecule has 4 heteroatoms. The van der Waals surface area contributed by atoms with Crippen molar-refractivity contribution in [3.05, 3.63) is 64.2 Å². The highest BCUT2D eigenvalue weighted by molar-refractivity contribution is 6.30. The molecule has 0 saturated heterocycles. The van der Waals surface area contributed by atoms with Crippen molar-refractivity contribution in [3.8, 4) is 11.8 Å². The van der Waals surface area contributed by atoms with Crippen molar-refractivity contribution in [2.75, 3.05) is 18.6 Å². The molecule has 3 nitrogen and oxygen atoms in total. The summed E-state index contributed by atoms with van der Waals surface area (Å²) in [6.07, 6.45) is 5.25. The Morgan fingerprint density at radius 3 is 2.66 bits per heavy atom. The Labute approximate surface area is 178 Å². The van der Waals surface area contributed by atoms with Crippen LogP contribution in [0.4, 0.5) is 5.69 Å². The van der Waals surface area contributed by atoms with Crippen molar-refractivity contribution in [1.29, 1.82) is 5.26 Å². The first kappa shape index (κ1) is 21.0. The molecular formula is C25H27ClN2O. The molecule has 0 unspecified atom stereocenters. The van der Waals surface area contributed by atoms with Gasteiger partial charge in [-0.25, -0.2) is 0 Å². The molecule has 0 saturated carbocycles. The van der Waals surface area contributed by atoms with Gasteiger partial charge in [0.1, 0.15) is 5.75 Å². The maximum atomic E-state index is 9.74. The number of nitrogens with zero attached hydrogens (tertiary/aromatic N) is 2. The fourth-order valence-electron chi connectivity index (χ4n) is 4.03. The molecule has 0 spiro atoms. The third-order valence-electron chi connectivity index (χ3n) is 5.33. The average Bonchev–Trinajstić information content (AvgIpc) is 2.68. The average molecular weight is 407 g/mol. The van der Waals surface area contributed by atoms with E-state index in [1.807, 2.05) is 18.2 Å². The van der Waals surface area contributed by atoms with Crippen LogP contribution in [-0.2, 0) is 0 Å². The Hall–Kier alpha value is -2.70. The second-order valence-corrected chi connectivity index (χ2v) is 8.36. The highest BCUT2D eigenvalue weighted by atomic mass is 35.5. The fraction of sp³-hybridized carbons (Fsp3) is 0.320. The summed E-state index contributed by atoms with van der Waals surface area (Å²) in [6.45, 7) is 9.78. The number of hydrogen-bond acceptors (Lipinski definition) is 3. The van der Waals surface area contributed by atoms with Gasteiger partial charge >= 0.3 is 0 Å². The molecule has 1 aliphatic rings. The second-order valence-electron chi connectivity index (χ2n) is 7.92. The van der Waals surface area contributed by atoms with Crippen molar-refractivity contribution in [1.82, 2.24) is 0 Å². The number of ether oxygens (including phenoxy) is 1. The lowest BCUT2D eigenvalue weighted by atomic mass is 9.87. The van der Waals surface area contributed by atoms with Gasteiger partial charge in [0.15, 0.2) is 0 Å². The molecule has 150 valence electrons. The van der Waals surface area contributed by atoms with Crippen LogP contribution < -0.4 is 9.64 Å². The normalized spacial score (nSPS) is 15.4. The van der Waals surface area contributed by atoms with Crippen LogP contribution in [0.3, 0.4) is 0 Å². The van der Waals surface area contributed by atoms with E-state index in [2.05, 4.69) is 56.9 Å². The molecule has 0 fully saturated rings. The summed E-state index contributed by atoms with van der Waals surface area (Å²) in [5.74, 6) is 0.755. The van der Waals surface area contributed by atoms with Crippen LogP contribution in [0.5, 0.6) is 5.75 Å². The van der Waals surface area contributed by atoms with Crippen molar-refractivity contribution in [3.63, 3.8) is 0 Å². The monoisotopic (exact) mass is 406 g/mol. The van der Waals surface area contributed by atoms with E-state index in [1.165, 1.54) is 16.8 Å². The quantitative estimate of drug-likeness (QED) is 0.403. The summed E-state index contributed by atoms with van der Waals surface area (Å²) in [4.78, 5) is 2.42. The molecule has 1 aliphatic heterocycles. The molecule has 0 atom stereocenters. The number of benzene rings is 2. The van der Waals surface area contributed by atoms with Crippen LogP contribution in [0.15, 0.2) is 42.5 Å². The highest BCUT2D eigenvalue weighted by Gasteiger charge is 2.31. The number of nitriles is 1. The van der Waals surface area contributed by atoms with Crippen molar-refractivity contribution in [2.24, 2.45) is 0 Å². The Morgan fingerprint density at radius 2 is 2.03 bits per heavy atom. The standard InChI is InChI=1S/C25H27ClN2O/c1-6-10-28-23-14-24(29-5)19(13-22(23)17(2)15-25(28,3)4)11-20(16-27)18-8-7-9-21(26)12-18/h7-9,11-15H,6,10H2,1-5H3/b20-11+. The van der Waals surface area contributed by atoms with Crippen molar-refractivity contribution >= 4 is 34.5 Å². The molecule has 0 amide bonds. The Morgan fingerprint density at radius 1 is 1.28 bits per heavy atom. The fourth-order valence-corrected chi connectivity index (χ4v) is 4.22. The molecule has 1 heterocycles. The second kappa shape index (κ2) is 8.35. The summed E-state index contributed by atoms with van der Waals surface area (Å²) in [6, 6.07) is 13.9. The number of fused-ring (bicyclic) bond motifs is 1. The number of allylic oxidation sites excluding steroid dienone is 2. The maximum absolute atomic E-state index is 9.74. The van der Waals surface area contributed by atoms with Gasteiger partial charge in [0.2, 0.25) is 0 Å². The molecule has 0 aliphatic carbocycles. The van der Waals surface area contributed by atoms with E-state index in [0.717, 1.165) is 29.8 Å². The third-order valence-corrected chi connectivity index (χ3v) is 5.57. The Bertz CT molecular complexity index is 1030. The number of anilines is 1. The van der Waals surface area contributed by atoms with Crippen LogP contribution in [0.25, 0.3) is 17.2 Å². The summed E-state index contributed by atoms with van der Waals surface area (Å²) >= 11 is 6.12. The van der Waals surface area contributed by atoms with E-state index < -0.39 is 0 Å². The van der Waals surface area contributed by atoms with Gasteiger partial charge in [-0.15, -0.1) is 0 Å². The number of rotatable bonds is 5. The van der Waals surface area contributed by atoms with E-state index in [0.29, 0.717) is 10.6 Å². The zero-order chi connectivity index (χ0) is 21.2. The SMILES string of the molecule is CCCN1c2cc(OC)c(/C=C(\C#N)c3cccc(Cl)c3)cc2C(C)=CC1(C)C. The zero-order valence-corrected chi connectivity index (χ0v) is 18.5. The molecule has 0 aromatic heterocycles. The van der Waals surface area contributed by atoms with Crippen LogP contribution in [0.1, 0.15) is 50.8 Å². The first-order valence-electron chi connectivity index (χ1n) is 9.88. The van der Waals surface area contributed by atoms with Gasteiger partial charge in [0.25, 0.3) is 0 Å². The van der Waals surface area contributed by atoms with Crippen LogP contribution >= 0.6 is 11.6 Å². The molecule has 0 N–H and O–H groups in total. The summed E-state index contributed by atoms with van der Waals surface area (Å²) in [5.41, 5.74) is 5.74. The number of hydrogen-bond donors (Lipinski definition) is 0. The van der Waals surface area contributed by atoms with E-state index in [-0.39, 0.29) is 5.54 Å². The molecule has 2 aromatic carbocycles. The lowest BCUT2D eigenvalue weighted by Gasteiger charge is -2.43. The molecular weight excluding hydrogens is 380 g/mol. The number of methoxy groups -OCH3 is 1. The van der Waals surface area contributed by atoms with E-state index >= 15 is 0 Å². The Balaban J connectivity index is 2.18. The molecule has 0 radical (unpaired) electrons. The summed E-state index contributed by atoms with van der Waals surface area (Å²) in [5, 5.41) is 10.4. The van der Waals surface area contributed by atoms with Gasteiger partial charge in [0.05, 0.1) is 24.3 Å². The third kappa shape index (κ3) is 4.18. The first-order valence-corrected chi connectivity index (χ1v) is 10.3. The van der Waals surface area contributed by atoms with Gasteiger partial charge in [-0.3, -0.25) is 0 Å². The first-order chi connectivity index (χ1) is 13.8. The minimum Gasteiger partial charge on any atom is -0.496 e. The summed E-state index contributed by atoms with van der Waals surface area (Å²) in [7, 11) is 1.67. The van der Waals surface area contributed by atoms with Gasteiger partial charge in [-0.2, -0.15) is 5.26 Å². The zero-order valence-electron chi connectivity index (χ0n) is 17.7. The van der Waals surface area contributed by atoms with Crippen LogP contribution in [-0.4, -0.2) is 19.2 Å². The van der Waals surface area contributed by atoms with Crippen LogP contribution in [0.2, 0.25) is 5.02 Å². The maximum Gasteiger partial charge on any atom is 0.128 e. The predicted molar refractivity (Wildman–Crippen MR) is 123 cm³/mol. The molecule has 0 bridgehead atoms. The molecule has 29 heavy (non-hydrogen) atoms. The smallest absolute Gasteiger partial charge is 0.128 e. The molecule has 3 rings (SSSR count). The lowest BCUT2D eigenvalue weighted by molar-refractivity contribution is 0.413. The van der Waals surface area contributed by atoms with E-state index in [4.69, 9.17) is 16.3 Å². The summed E-state index contributed by atoms with van der Waals surface area (Å²) < 4.78 is 5.72. The van der Waals surface area contributed by atoms with Crippen molar-refractivity contribution in [2.45, 2.75) is 39.7 Å². The van der Waals surface area contributed by atoms with Gasteiger partial charge in [-0.05, 0) is 62.6 Å². The van der Waals surface area contributed by atoms with Gasteiger partial charge in [-0.1, -0.05) is 36.7 Å². The van der Waals surface area contributed by atoms with Gasteiger partial charge in [0, 0.05) is 34.4 Å². The Kier molecular flexibility index (Phi) is 6.05. The minimum absolute atomic E-state index is 0.0614. The van der Waals surface area contributed by atoms with E-state index in [9.17, 15) is 5.26 Å². The largest absolute Gasteiger partial charge is 0.496 e. The van der Waals surface area contributed by atoms with Crippen LogP contribution in [0, 0.1) is 11.3 Å². The predicted octanol–water partition coefficient (Wildman–Crippen LogP) is 6.82. The highest BCUT2D eigenvalue weighted by Crippen LogP contribution is 2.43. The van der Waals surface area contributed by atoms with Crippen molar-refractivity contribution < 1.29 is 4.74 Å². The topological polar surface area (TPSA) is 36.3 Å². The lowest BCUT2D eigenvalue weighted by Crippen LogP contribution is -2.45. The molecule has 2 aromatic rings. The minimum atomic E-state index is -0.0614.